The van der Waals surface area contributed by atoms with Crippen molar-refractivity contribution >= 4 is 17.4 Å². The fraction of sp³-hybridized carbons (Fsp3) is 0.250. The molecule has 0 saturated carbocycles. The van der Waals surface area contributed by atoms with E-state index in [1.54, 1.807) is 4.68 Å². The monoisotopic (exact) mass is 349 g/mol. The van der Waals surface area contributed by atoms with Gasteiger partial charge in [0.05, 0.1) is 6.54 Å². The molecule has 0 aliphatic carbocycles. The molecule has 0 aliphatic heterocycles. The van der Waals surface area contributed by atoms with E-state index in [0.717, 1.165) is 11.1 Å². The van der Waals surface area contributed by atoms with E-state index in [0.29, 0.717) is 18.2 Å². The summed E-state index contributed by atoms with van der Waals surface area (Å²) in [5, 5.41) is 10.8. The SMILES string of the molecule is Cc1ccccc1Cn1nnc(C(=O)Nc2ccc(C(C)C)cc2)c1N. The van der Waals surface area contributed by atoms with Crippen LogP contribution in [0.1, 0.15) is 46.9 Å². The number of carbonyl (C=O) groups is 1. The molecule has 0 aliphatic rings. The van der Waals surface area contributed by atoms with Crippen LogP contribution in [0.4, 0.5) is 11.5 Å². The predicted molar refractivity (Wildman–Crippen MR) is 103 cm³/mol. The van der Waals surface area contributed by atoms with E-state index < -0.39 is 0 Å². The minimum absolute atomic E-state index is 0.131. The molecule has 1 aromatic heterocycles. The highest BCUT2D eigenvalue weighted by Crippen LogP contribution is 2.19. The van der Waals surface area contributed by atoms with Crippen LogP contribution in [0.25, 0.3) is 0 Å². The molecular weight excluding hydrogens is 326 g/mol. The summed E-state index contributed by atoms with van der Waals surface area (Å²) in [5.41, 5.74) is 10.4. The first-order chi connectivity index (χ1) is 12.5. The molecule has 3 N–H and O–H groups in total. The van der Waals surface area contributed by atoms with Gasteiger partial charge in [0.1, 0.15) is 0 Å². The summed E-state index contributed by atoms with van der Waals surface area (Å²) in [5.74, 6) is 0.331. The van der Waals surface area contributed by atoms with Crippen molar-refractivity contribution in [2.75, 3.05) is 11.1 Å². The highest BCUT2D eigenvalue weighted by Gasteiger charge is 2.18. The van der Waals surface area contributed by atoms with Gasteiger partial charge < -0.3 is 11.1 Å². The number of carbonyl (C=O) groups excluding carboxylic acids is 1. The fourth-order valence-electron chi connectivity index (χ4n) is 2.69. The maximum atomic E-state index is 12.5. The largest absolute Gasteiger partial charge is 0.382 e. The normalized spacial score (nSPS) is 10.9. The molecule has 0 radical (unpaired) electrons. The Kier molecular flexibility index (Phi) is 5.02. The summed E-state index contributed by atoms with van der Waals surface area (Å²) in [7, 11) is 0. The molecular formula is C20H23N5O. The van der Waals surface area contributed by atoms with E-state index in [1.807, 2.05) is 55.5 Å². The quantitative estimate of drug-likeness (QED) is 0.737. The number of hydrogen-bond donors (Lipinski definition) is 2. The Balaban J connectivity index is 1.74. The second kappa shape index (κ2) is 7.39. The number of amides is 1. The van der Waals surface area contributed by atoms with Crippen molar-refractivity contribution in [1.29, 1.82) is 0 Å². The highest BCUT2D eigenvalue weighted by atomic mass is 16.2. The number of aromatic nitrogens is 3. The molecule has 26 heavy (non-hydrogen) atoms. The average Bonchev–Trinajstić information content (AvgIpc) is 2.98. The van der Waals surface area contributed by atoms with Gasteiger partial charge in [-0.05, 0) is 41.7 Å². The predicted octanol–water partition coefficient (Wildman–Crippen LogP) is 3.59. The van der Waals surface area contributed by atoms with Gasteiger partial charge in [0.25, 0.3) is 5.91 Å². The van der Waals surface area contributed by atoms with Crippen LogP contribution < -0.4 is 11.1 Å². The van der Waals surface area contributed by atoms with Crippen molar-refractivity contribution in [3.63, 3.8) is 0 Å². The van der Waals surface area contributed by atoms with Crippen molar-refractivity contribution in [2.24, 2.45) is 0 Å². The number of nitrogen functional groups attached to an aromatic ring is 1. The summed E-state index contributed by atoms with van der Waals surface area (Å²) in [6.07, 6.45) is 0. The van der Waals surface area contributed by atoms with Crippen molar-refractivity contribution in [2.45, 2.75) is 33.2 Å². The molecule has 0 spiro atoms. The standard InChI is InChI=1S/C20H23N5O/c1-13(2)15-8-10-17(11-9-15)22-20(26)18-19(21)25(24-23-18)12-16-7-5-4-6-14(16)3/h4-11,13H,12,21H2,1-3H3,(H,22,26). The lowest BCUT2D eigenvalue weighted by Crippen LogP contribution is -2.15. The van der Waals surface area contributed by atoms with E-state index in [9.17, 15) is 4.79 Å². The average molecular weight is 349 g/mol. The van der Waals surface area contributed by atoms with E-state index in [1.165, 1.54) is 5.56 Å². The summed E-state index contributed by atoms with van der Waals surface area (Å²) in [6.45, 7) is 6.75. The number of anilines is 2. The van der Waals surface area contributed by atoms with Gasteiger partial charge in [-0.1, -0.05) is 55.5 Å². The summed E-state index contributed by atoms with van der Waals surface area (Å²) in [4.78, 5) is 12.5. The van der Waals surface area contributed by atoms with Crippen LogP contribution in [-0.2, 0) is 6.54 Å². The highest BCUT2D eigenvalue weighted by molar-refractivity contribution is 6.05. The van der Waals surface area contributed by atoms with Crippen molar-refractivity contribution in [3.05, 3.63) is 70.9 Å². The molecule has 0 fully saturated rings. The molecule has 1 heterocycles. The Morgan fingerprint density at radius 3 is 2.50 bits per heavy atom. The molecule has 2 aromatic carbocycles. The van der Waals surface area contributed by atoms with E-state index in [2.05, 4.69) is 29.5 Å². The maximum absolute atomic E-state index is 12.5. The number of nitrogens with zero attached hydrogens (tertiary/aromatic N) is 3. The molecule has 0 bridgehead atoms. The molecule has 0 unspecified atom stereocenters. The third-order valence-corrected chi connectivity index (χ3v) is 4.41. The van der Waals surface area contributed by atoms with E-state index in [4.69, 9.17) is 5.73 Å². The zero-order valence-corrected chi connectivity index (χ0v) is 15.2. The Morgan fingerprint density at radius 2 is 1.85 bits per heavy atom. The van der Waals surface area contributed by atoms with Crippen molar-refractivity contribution in [3.8, 4) is 0 Å². The van der Waals surface area contributed by atoms with Gasteiger partial charge >= 0.3 is 0 Å². The Morgan fingerprint density at radius 1 is 1.15 bits per heavy atom. The maximum Gasteiger partial charge on any atom is 0.280 e. The molecule has 6 nitrogen and oxygen atoms in total. The molecule has 3 rings (SSSR count). The smallest absolute Gasteiger partial charge is 0.280 e. The molecule has 0 saturated heterocycles. The molecule has 6 heteroatoms. The minimum atomic E-state index is -0.365. The Labute approximate surface area is 153 Å². The van der Waals surface area contributed by atoms with Crippen molar-refractivity contribution < 1.29 is 4.79 Å². The van der Waals surface area contributed by atoms with Crippen LogP contribution in [0, 0.1) is 6.92 Å². The van der Waals surface area contributed by atoms with E-state index >= 15 is 0 Å². The first kappa shape index (κ1) is 17.7. The number of hydrogen-bond acceptors (Lipinski definition) is 4. The minimum Gasteiger partial charge on any atom is -0.382 e. The molecule has 3 aromatic rings. The van der Waals surface area contributed by atoms with Crippen LogP contribution in [0.3, 0.4) is 0 Å². The third-order valence-electron chi connectivity index (χ3n) is 4.41. The van der Waals surface area contributed by atoms with Gasteiger partial charge in [0.15, 0.2) is 11.5 Å². The van der Waals surface area contributed by atoms with Gasteiger partial charge in [-0.25, -0.2) is 4.68 Å². The first-order valence-corrected chi connectivity index (χ1v) is 8.60. The summed E-state index contributed by atoms with van der Waals surface area (Å²) in [6, 6.07) is 15.7. The lowest BCUT2D eigenvalue weighted by molar-refractivity contribution is 0.102. The molecule has 1 amide bonds. The summed E-state index contributed by atoms with van der Waals surface area (Å²) < 4.78 is 1.54. The second-order valence-electron chi connectivity index (χ2n) is 6.64. The lowest BCUT2D eigenvalue weighted by atomic mass is 10.0. The Bertz CT molecular complexity index is 912. The van der Waals surface area contributed by atoms with Crippen LogP contribution >= 0.6 is 0 Å². The lowest BCUT2D eigenvalue weighted by Gasteiger charge is -2.08. The molecule has 0 atom stereocenters. The fourth-order valence-corrected chi connectivity index (χ4v) is 2.69. The van der Waals surface area contributed by atoms with Crippen LogP contribution in [0.5, 0.6) is 0 Å². The Hall–Kier alpha value is -3.15. The number of benzene rings is 2. The van der Waals surface area contributed by atoms with Gasteiger partial charge in [-0.15, -0.1) is 5.10 Å². The molecule has 134 valence electrons. The number of nitrogens with two attached hydrogens (primary N) is 1. The van der Waals surface area contributed by atoms with E-state index in [-0.39, 0.29) is 17.4 Å². The van der Waals surface area contributed by atoms with Crippen LogP contribution in [0.15, 0.2) is 48.5 Å². The zero-order valence-electron chi connectivity index (χ0n) is 15.2. The van der Waals surface area contributed by atoms with Gasteiger partial charge in [0, 0.05) is 5.69 Å². The number of aryl methyl sites for hydroxylation is 1. The first-order valence-electron chi connectivity index (χ1n) is 8.60. The van der Waals surface area contributed by atoms with Gasteiger partial charge in [-0.3, -0.25) is 4.79 Å². The number of rotatable bonds is 5. The van der Waals surface area contributed by atoms with Crippen molar-refractivity contribution in [1.82, 2.24) is 15.0 Å². The van der Waals surface area contributed by atoms with Gasteiger partial charge in [0.2, 0.25) is 0 Å². The second-order valence-corrected chi connectivity index (χ2v) is 6.64. The zero-order chi connectivity index (χ0) is 18.7. The van der Waals surface area contributed by atoms with Gasteiger partial charge in [-0.2, -0.15) is 0 Å². The third kappa shape index (κ3) is 3.74. The number of nitrogens with one attached hydrogen (secondary N) is 1. The topological polar surface area (TPSA) is 85.8 Å². The summed E-state index contributed by atoms with van der Waals surface area (Å²) >= 11 is 0. The van der Waals surface area contributed by atoms with Crippen LogP contribution in [-0.4, -0.2) is 20.9 Å². The van der Waals surface area contributed by atoms with Crippen LogP contribution in [0.2, 0.25) is 0 Å².